The number of benzene rings is 2. The van der Waals surface area contributed by atoms with Gasteiger partial charge in [-0.1, -0.05) is 35.3 Å². The molecular formula is C16H13Cl2N3O2. The quantitative estimate of drug-likeness (QED) is 0.506. The maximum atomic E-state index is 11.8. The SMILES string of the molecule is Cc1cc(Cl)ccc1NC(=O)C(=O)N/N=C/c1cccc(Cl)c1. The minimum Gasteiger partial charge on any atom is -0.317 e. The molecular weight excluding hydrogens is 337 g/mol. The van der Waals surface area contributed by atoms with Crippen molar-refractivity contribution in [2.45, 2.75) is 6.92 Å². The van der Waals surface area contributed by atoms with Crippen LogP contribution in [0.3, 0.4) is 0 Å². The van der Waals surface area contributed by atoms with E-state index in [0.29, 0.717) is 21.3 Å². The second-order valence-corrected chi connectivity index (χ2v) is 5.54. The lowest BCUT2D eigenvalue weighted by Gasteiger charge is -2.07. The molecule has 118 valence electrons. The molecule has 0 heterocycles. The number of carbonyl (C=O) groups is 2. The van der Waals surface area contributed by atoms with Gasteiger partial charge >= 0.3 is 11.8 Å². The fraction of sp³-hybridized carbons (Fsp3) is 0.0625. The number of amides is 2. The first kappa shape index (κ1) is 17.0. The van der Waals surface area contributed by atoms with Gasteiger partial charge in [0.2, 0.25) is 0 Å². The average Bonchev–Trinajstić information content (AvgIpc) is 2.50. The highest BCUT2D eigenvalue weighted by atomic mass is 35.5. The summed E-state index contributed by atoms with van der Waals surface area (Å²) in [6, 6.07) is 11.8. The van der Waals surface area contributed by atoms with Crippen molar-refractivity contribution in [2.75, 3.05) is 5.32 Å². The Morgan fingerprint density at radius 3 is 2.48 bits per heavy atom. The Balaban J connectivity index is 1.93. The third-order valence-corrected chi connectivity index (χ3v) is 3.34. The molecule has 0 spiro atoms. The van der Waals surface area contributed by atoms with Crippen LogP contribution in [0.2, 0.25) is 10.0 Å². The van der Waals surface area contributed by atoms with Gasteiger partial charge in [-0.2, -0.15) is 5.10 Å². The van der Waals surface area contributed by atoms with Gasteiger partial charge in [-0.05, 0) is 48.4 Å². The lowest BCUT2D eigenvalue weighted by molar-refractivity contribution is -0.136. The Labute approximate surface area is 143 Å². The first-order valence-electron chi connectivity index (χ1n) is 6.62. The van der Waals surface area contributed by atoms with Gasteiger partial charge < -0.3 is 5.32 Å². The number of aryl methyl sites for hydroxylation is 1. The molecule has 0 radical (unpaired) electrons. The fourth-order valence-corrected chi connectivity index (χ4v) is 2.17. The molecule has 5 nitrogen and oxygen atoms in total. The number of carbonyl (C=O) groups excluding carboxylic acids is 2. The van der Waals surface area contributed by atoms with Crippen molar-refractivity contribution in [3.05, 3.63) is 63.6 Å². The Morgan fingerprint density at radius 2 is 1.78 bits per heavy atom. The molecule has 0 aromatic heterocycles. The molecule has 2 aromatic rings. The molecule has 0 saturated heterocycles. The van der Waals surface area contributed by atoms with Crippen LogP contribution >= 0.6 is 23.2 Å². The zero-order valence-corrected chi connectivity index (χ0v) is 13.7. The maximum Gasteiger partial charge on any atom is 0.329 e. The van der Waals surface area contributed by atoms with Crippen LogP contribution in [0.1, 0.15) is 11.1 Å². The Kier molecular flexibility index (Phi) is 5.73. The van der Waals surface area contributed by atoms with Crippen LogP contribution in [-0.4, -0.2) is 18.0 Å². The van der Waals surface area contributed by atoms with E-state index < -0.39 is 11.8 Å². The normalized spacial score (nSPS) is 10.6. The lowest BCUT2D eigenvalue weighted by Crippen LogP contribution is -2.32. The van der Waals surface area contributed by atoms with Crippen LogP contribution in [-0.2, 0) is 9.59 Å². The highest BCUT2D eigenvalue weighted by Crippen LogP contribution is 2.19. The van der Waals surface area contributed by atoms with Crippen molar-refractivity contribution >= 4 is 46.9 Å². The monoisotopic (exact) mass is 349 g/mol. The predicted molar refractivity (Wildman–Crippen MR) is 92.0 cm³/mol. The van der Waals surface area contributed by atoms with E-state index in [-0.39, 0.29) is 0 Å². The van der Waals surface area contributed by atoms with Crippen molar-refractivity contribution in [3.63, 3.8) is 0 Å². The third kappa shape index (κ3) is 5.09. The van der Waals surface area contributed by atoms with Crippen LogP contribution in [0.15, 0.2) is 47.6 Å². The standard InChI is InChI=1S/C16H13Cl2N3O2/c1-10-7-13(18)5-6-14(10)20-15(22)16(23)21-19-9-11-3-2-4-12(17)8-11/h2-9H,1H3,(H,20,22)(H,21,23)/b19-9+. The predicted octanol–water partition coefficient (Wildman–Crippen LogP) is 3.39. The van der Waals surface area contributed by atoms with E-state index in [1.165, 1.54) is 6.21 Å². The van der Waals surface area contributed by atoms with E-state index in [1.807, 2.05) is 0 Å². The molecule has 2 amide bonds. The van der Waals surface area contributed by atoms with E-state index in [9.17, 15) is 9.59 Å². The Morgan fingerprint density at radius 1 is 1.04 bits per heavy atom. The van der Waals surface area contributed by atoms with E-state index >= 15 is 0 Å². The molecule has 0 aliphatic rings. The summed E-state index contributed by atoms with van der Waals surface area (Å²) in [6.07, 6.45) is 1.39. The van der Waals surface area contributed by atoms with E-state index in [1.54, 1.807) is 49.4 Å². The average molecular weight is 350 g/mol. The molecule has 23 heavy (non-hydrogen) atoms. The molecule has 0 atom stereocenters. The van der Waals surface area contributed by atoms with Gasteiger partial charge in [0, 0.05) is 15.7 Å². The first-order valence-corrected chi connectivity index (χ1v) is 7.37. The number of hydrazone groups is 1. The van der Waals surface area contributed by atoms with Crippen molar-refractivity contribution in [2.24, 2.45) is 5.10 Å². The second kappa shape index (κ2) is 7.76. The fourth-order valence-electron chi connectivity index (χ4n) is 1.75. The number of nitrogens with zero attached hydrogens (tertiary/aromatic N) is 1. The number of rotatable bonds is 3. The van der Waals surface area contributed by atoms with E-state index in [4.69, 9.17) is 23.2 Å². The van der Waals surface area contributed by atoms with Gasteiger partial charge in [0.15, 0.2) is 0 Å². The van der Waals surface area contributed by atoms with Gasteiger partial charge in [-0.15, -0.1) is 0 Å². The van der Waals surface area contributed by atoms with Gasteiger partial charge in [0.25, 0.3) is 0 Å². The number of nitrogens with one attached hydrogen (secondary N) is 2. The van der Waals surface area contributed by atoms with Crippen LogP contribution in [0.25, 0.3) is 0 Å². The molecule has 0 unspecified atom stereocenters. The second-order valence-electron chi connectivity index (χ2n) is 4.67. The highest BCUT2D eigenvalue weighted by Gasteiger charge is 2.13. The minimum absolute atomic E-state index is 0.508. The largest absolute Gasteiger partial charge is 0.329 e. The Bertz CT molecular complexity index is 776. The van der Waals surface area contributed by atoms with Gasteiger partial charge in [-0.25, -0.2) is 5.43 Å². The zero-order valence-electron chi connectivity index (χ0n) is 12.1. The number of hydrogen-bond acceptors (Lipinski definition) is 3. The van der Waals surface area contributed by atoms with Gasteiger partial charge in [0.1, 0.15) is 0 Å². The molecule has 2 rings (SSSR count). The van der Waals surface area contributed by atoms with Crippen LogP contribution in [0.4, 0.5) is 5.69 Å². The first-order chi connectivity index (χ1) is 11.0. The zero-order chi connectivity index (χ0) is 16.8. The topological polar surface area (TPSA) is 70.6 Å². The van der Waals surface area contributed by atoms with Crippen LogP contribution in [0.5, 0.6) is 0 Å². The Hall–Kier alpha value is -2.37. The summed E-state index contributed by atoms with van der Waals surface area (Å²) >= 11 is 11.7. The highest BCUT2D eigenvalue weighted by molar-refractivity contribution is 6.39. The molecule has 2 aromatic carbocycles. The summed E-state index contributed by atoms with van der Waals surface area (Å²) in [6.45, 7) is 1.77. The minimum atomic E-state index is -0.877. The molecule has 0 aliphatic carbocycles. The molecule has 0 saturated carbocycles. The molecule has 0 fully saturated rings. The smallest absolute Gasteiger partial charge is 0.317 e. The van der Waals surface area contributed by atoms with Gasteiger partial charge in [-0.3, -0.25) is 9.59 Å². The maximum absolute atomic E-state index is 11.8. The molecule has 0 aliphatic heterocycles. The van der Waals surface area contributed by atoms with E-state index in [0.717, 1.165) is 5.56 Å². The third-order valence-electron chi connectivity index (χ3n) is 2.87. The van der Waals surface area contributed by atoms with Crippen molar-refractivity contribution < 1.29 is 9.59 Å². The summed E-state index contributed by atoms with van der Waals surface area (Å²) in [4.78, 5) is 23.5. The van der Waals surface area contributed by atoms with E-state index in [2.05, 4.69) is 15.8 Å². The van der Waals surface area contributed by atoms with Crippen LogP contribution < -0.4 is 10.7 Å². The molecule has 0 bridgehead atoms. The molecule has 2 N–H and O–H groups in total. The van der Waals surface area contributed by atoms with Crippen molar-refractivity contribution in [1.29, 1.82) is 0 Å². The lowest BCUT2D eigenvalue weighted by atomic mass is 10.2. The summed E-state index contributed by atoms with van der Waals surface area (Å²) in [5.41, 5.74) is 4.11. The molecule has 7 heteroatoms. The summed E-state index contributed by atoms with van der Waals surface area (Å²) in [5, 5.41) is 7.31. The van der Waals surface area contributed by atoms with Crippen molar-refractivity contribution in [1.82, 2.24) is 5.43 Å². The van der Waals surface area contributed by atoms with Crippen molar-refractivity contribution in [3.8, 4) is 0 Å². The summed E-state index contributed by atoms with van der Waals surface area (Å²) in [5.74, 6) is -1.70. The number of anilines is 1. The summed E-state index contributed by atoms with van der Waals surface area (Å²) in [7, 11) is 0. The number of halogens is 2. The summed E-state index contributed by atoms with van der Waals surface area (Å²) < 4.78 is 0. The van der Waals surface area contributed by atoms with Gasteiger partial charge in [0.05, 0.1) is 6.21 Å². The van der Waals surface area contributed by atoms with Crippen LogP contribution in [0, 0.1) is 6.92 Å². The number of hydrogen-bond donors (Lipinski definition) is 2.